The molecule has 25 heavy (non-hydrogen) atoms. The molecule has 2 rings (SSSR count). The summed E-state index contributed by atoms with van der Waals surface area (Å²) in [5.74, 6) is 0.206. The lowest BCUT2D eigenvalue weighted by molar-refractivity contribution is 0.0828. The van der Waals surface area contributed by atoms with Gasteiger partial charge in [0.2, 0.25) is 0 Å². The Morgan fingerprint density at radius 3 is 2.52 bits per heavy atom. The van der Waals surface area contributed by atoms with Crippen LogP contribution in [0.3, 0.4) is 0 Å². The monoisotopic (exact) mass is 340 g/mol. The first-order chi connectivity index (χ1) is 11.9. The molecule has 0 radical (unpaired) electrons. The number of amides is 2. The highest BCUT2D eigenvalue weighted by Gasteiger charge is 2.15. The fourth-order valence-corrected chi connectivity index (χ4v) is 2.24. The Labute approximate surface area is 148 Å². The molecule has 5 heteroatoms. The molecule has 2 amide bonds. The molecule has 0 aliphatic rings. The molecule has 0 heterocycles. The number of benzene rings is 2. The highest BCUT2D eigenvalue weighted by Crippen LogP contribution is 2.20. The van der Waals surface area contributed by atoms with Crippen LogP contribution >= 0.6 is 0 Å². The van der Waals surface area contributed by atoms with Crippen LogP contribution < -0.4 is 10.1 Å². The second-order valence-corrected chi connectivity index (χ2v) is 6.06. The number of carbonyl (C=O) groups excluding carboxylic acids is 2. The van der Waals surface area contributed by atoms with E-state index < -0.39 is 0 Å². The van der Waals surface area contributed by atoms with Gasteiger partial charge in [0.05, 0.1) is 17.4 Å². The molecule has 0 aliphatic carbocycles. The summed E-state index contributed by atoms with van der Waals surface area (Å²) in [6.45, 7) is 4.02. The summed E-state index contributed by atoms with van der Waals surface area (Å²) in [4.78, 5) is 26.3. The van der Waals surface area contributed by atoms with E-state index in [2.05, 4.69) is 5.32 Å². The van der Waals surface area contributed by atoms with Crippen molar-refractivity contribution in [2.75, 3.05) is 19.4 Å². The van der Waals surface area contributed by atoms with Crippen molar-refractivity contribution in [1.82, 2.24) is 4.90 Å². The lowest BCUT2D eigenvalue weighted by atomic mass is 10.1. The van der Waals surface area contributed by atoms with E-state index in [1.54, 1.807) is 56.6 Å². The number of carbonyl (C=O) groups is 2. The van der Waals surface area contributed by atoms with Crippen molar-refractivity contribution in [3.8, 4) is 5.75 Å². The predicted molar refractivity (Wildman–Crippen MR) is 99.2 cm³/mol. The van der Waals surface area contributed by atoms with Crippen molar-refractivity contribution >= 4 is 17.5 Å². The lowest BCUT2D eigenvalue weighted by Crippen LogP contribution is -2.24. The average molecular weight is 340 g/mol. The van der Waals surface area contributed by atoms with E-state index in [4.69, 9.17) is 4.74 Å². The Bertz CT molecular complexity index is 756. The van der Waals surface area contributed by atoms with Crippen LogP contribution in [0, 0.1) is 0 Å². The Morgan fingerprint density at radius 2 is 1.84 bits per heavy atom. The number of ether oxygens (including phenoxy) is 1. The van der Waals surface area contributed by atoms with E-state index >= 15 is 0 Å². The van der Waals surface area contributed by atoms with E-state index in [9.17, 15) is 9.59 Å². The smallest absolute Gasteiger partial charge is 0.255 e. The quantitative estimate of drug-likeness (QED) is 0.870. The molecule has 0 saturated carbocycles. The van der Waals surface area contributed by atoms with Crippen LogP contribution in [0.25, 0.3) is 0 Å². The molecule has 0 saturated heterocycles. The molecule has 0 aliphatic heterocycles. The van der Waals surface area contributed by atoms with Crippen molar-refractivity contribution in [2.45, 2.75) is 26.4 Å². The highest BCUT2D eigenvalue weighted by atomic mass is 16.5. The van der Waals surface area contributed by atoms with E-state index in [0.717, 1.165) is 6.42 Å². The van der Waals surface area contributed by atoms with Crippen LogP contribution in [0.4, 0.5) is 5.69 Å². The van der Waals surface area contributed by atoms with Crippen molar-refractivity contribution in [3.63, 3.8) is 0 Å². The molecule has 5 nitrogen and oxygen atoms in total. The largest absolute Gasteiger partial charge is 0.491 e. The highest BCUT2D eigenvalue weighted by molar-refractivity contribution is 6.09. The van der Waals surface area contributed by atoms with Gasteiger partial charge in [-0.1, -0.05) is 25.1 Å². The normalized spacial score (nSPS) is 11.5. The summed E-state index contributed by atoms with van der Waals surface area (Å²) in [7, 11) is 3.35. The second kappa shape index (κ2) is 8.33. The van der Waals surface area contributed by atoms with Crippen LogP contribution in [-0.2, 0) is 0 Å². The number of para-hydroxylation sites is 1. The maximum Gasteiger partial charge on any atom is 0.255 e. The molecule has 0 bridgehead atoms. The summed E-state index contributed by atoms with van der Waals surface area (Å²) in [6, 6.07) is 14.0. The summed E-state index contributed by atoms with van der Waals surface area (Å²) >= 11 is 0. The molecule has 2 aromatic rings. The number of anilines is 1. The Morgan fingerprint density at radius 1 is 1.12 bits per heavy atom. The molecule has 1 atom stereocenters. The minimum absolute atomic E-state index is 0.0803. The molecule has 0 fully saturated rings. The zero-order chi connectivity index (χ0) is 18.4. The maximum atomic E-state index is 12.6. The minimum Gasteiger partial charge on any atom is -0.491 e. The first kappa shape index (κ1) is 18.5. The van der Waals surface area contributed by atoms with Gasteiger partial charge in [-0.25, -0.2) is 0 Å². The van der Waals surface area contributed by atoms with E-state index in [1.165, 1.54) is 4.90 Å². The van der Waals surface area contributed by atoms with E-state index in [-0.39, 0.29) is 17.9 Å². The van der Waals surface area contributed by atoms with Gasteiger partial charge in [0.15, 0.2) is 0 Å². The average Bonchev–Trinajstić information content (AvgIpc) is 2.61. The topological polar surface area (TPSA) is 58.6 Å². The molecule has 1 unspecified atom stereocenters. The minimum atomic E-state index is -0.284. The number of hydrogen-bond acceptors (Lipinski definition) is 3. The van der Waals surface area contributed by atoms with Crippen molar-refractivity contribution in [2.24, 2.45) is 0 Å². The lowest BCUT2D eigenvalue weighted by Gasteiger charge is -2.15. The van der Waals surface area contributed by atoms with Gasteiger partial charge in [-0.3, -0.25) is 9.59 Å². The first-order valence-corrected chi connectivity index (χ1v) is 8.31. The predicted octanol–water partition coefficient (Wildman–Crippen LogP) is 3.82. The van der Waals surface area contributed by atoms with Gasteiger partial charge < -0.3 is 15.0 Å². The number of nitrogens with zero attached hydrogens (tertiary/aromatic N) is 1. The molecule has 1 N–H and O–H groups in total. The van der Waals surface area contributed by atoms with Crippen molar-refractivity contribution in [1.29, 1.82) is 0 Å². The van der Waals surface area contributed by atoms with Crippen LogP contribution in [0.2, 0.25) is 0 Å². The Balaban J connectivity index is 2.21. The van der Waals surface area contributed by atoms with Gasteiger partial charge in [-0.2, -0.15) is 0 Å². The van der Waals surface area contributed by atoms with Crippen molar-refractivity contribution in [3.05, 3.63) is 59.7 Å². The third-order valence-corrected chi connectivity index (χ3v) is 3.82. The SMILES string of the molecule is CCC(C)Oc1cccc(C(=O)Nc2ccccc2C(=O)N(C)C)c1. The van der Waals surface area contributed by atoms with Crippen molar-refractivity contribution < 1.29 is 14.3 Å². The fourth-order valence-electron chi connectivity index (χ4n) is 2.24. The number of rotatable bonds is 6. The summed E-state index contributed by atoms with van der Waals surface area (Å²) in [5.41, 5.74) is 1.42. The third kappa shape index (κ3) is 4.83. The van der Waals surface area contributed by atoms with Crippen LogP contribution in [-0.4, -0.2) is 36.9 Å². The molecule has 132 valence electrons. The van der Waals surface area contributed by atoms with Gasteiger partial charge in [-0.15, -0.1) is 0 Å². The van der Waals surface area contributed by atoms with Gasteiger partial charge in [0, 0.05) is 19.7 Å². The van der Waals surface area contributed by atoms with Crippen LogP contribution in [0.1, 0.15) is 41.0 Å². The van der Waals surface area contributed by atoms with Crippen LogP contribution in [0.5, 0.6) is 5.75 Å². The molecule has 0 spiro atoms. The molecule has 0 aromatic heterocycles. The summed E-state index contributed by atoms with van der Waals surface area (Å²) < 4.78 is 5.76. The van der Waals surface area contributed by atoms with E-state index in [1.807, 2.05) is 19.9 Å². The van der Waals surface area contributed by atoms with Gasteiger partial charge in [0.25, 0.3) is 11.8 Å². The van der Waals surface area contributed by atoms with Gasteiger partial charge in [0.1, 0.15) is 5.75 Å². The van der Waals surface area contributed by atoms with E-state index in [0.29, 0.717) is 22.6 Å². The second-order valence-electron chi connectivity index (χ2n) is 6.06. The zero-order valence-electron chi connectivity index (χ0n) is 15.1. The maximum absolute atomic E-state index is 12.6. The summed E-state index contributed by atoms with van der Waals surface area (Å²) in [6.07, 6.45) is 0.966. The molecule has 2 aromatic carbocycles. The number of nitrogens with one attached hydrogen (secondary N) is 1. The Kier molecular flexibility index (Phi) is 6.17. The molecular weight excluding hydrogens is 316 g/mol. The zero-order valence-corrected chi connectivity index (χ0v) is 15.1. The number of hydrogen-bond donors (Lipinski definition) is 1. The molecular formula is C20H24N2O3. The standard InChI is InChI=1S/C20H24N2O3/c1-5-14(2)25-16-10-8-9-15(13-16)19(23)21-18-12-7-6-11-17(18)20(24)22(3)4/h6-14H,5H2,1-4H3,(H,21,23). The van der Waals surface area contributed by atoms with Crippen LogP contribution in [0.15, 0.2) is 48.5 Å². The fraction of sp³-hybridized carbons (Fsp3) is 0.300. The Hall–Kier alpha value is -2.82. The first-order valence-electron chi connectivity index (χ1n) is 8.31. The summed E-state index contributed by atoms with van der Waals surface area (Å²) in [5, 5.41) is 2.82. The third-order valence-electron chi connectivity index (χ3n) is 3.82. The van der Waals surface area contributed by atoms with Gasteiger partial charge >= 0.3 is 0 Å². The van der Waals surface area contributed by atoms with Gasteiger partial charge in [-0.05, 0) is 43.7 Å².